The van der Waals surface area contributed by atoms with Crippen molar-refractivity contribution in [2.75, 3.05) is 0 Å². The van der Waals surface area contributed by atoms with E-state index < -0.39 is 5.97 Å². The molecule has 3 heteroatoms. The van der Waals surface area contributed by atoms with Crippen LogP contribution in [0.4, 0.5) is 0 Å². The summed E-state index contributed by atoms with van der Waals surface area (Å²) in [6.45, 7) is 3.59. The number of rotatable bonds is 2. The van der Waals surface area contributed by atoms with Crippen LogP contribution in [0.3, 0.4) is 0 Å². The average Bonchev–Trinajstić information content (AvgIpc) is 2.04. The Morgan fingerprint density at radius 1 is 1.58 bits per heavy atom. The van der Waals surface area contributed by atoms with Gasteiger partial charge in [0, 0.05) is 4.47 Å². The van der Waals surface area contributed by atoms with Gasteiger partial charge in [-0.05, 0) is 17.7 Å². The first-order valence-corrected chi connectivity index (χ1v) is 4.09. The number of carbonyl (C=O) groups is 1. The van der Waals surface area contributed by atoms with Crippen LogP contribution < -0.4 is 0 Å². The lowest BCUT2D eigenvalue weighted by Crippen LogP contribution is -1.95. The quantitative estimate of drug-likeness (QED) is 0.843. The first-order valence-electron chi connectivity index (χ1n) is 3.30. The minimum Gasteiger partial charge on any atom is -0.478 e. The molecule has 0 saturated carbocycles. The molecule has 0 saturated heterocycles. The van der Waals surface area contributed by atoms with Crippen LogP contribution in [0.25, 0.3) is 6.08 Å². The summed E-state index contributed by atoms with van der Waals surface area (Å²) in [5.41, 5.74) is 1.16. The van der Waals surface area contributed by atoms with E-state index in [4.69, 9.17) is 5.11 Å². The molecule has 0 aliphatic rings. The molecule has 0 heterocycles. The zero-order valence-electron chi connectivity index (χ0n) is 6.25. The van der Waals surface area contributed by atoms with Gasteiger partial charge in [-0.1, -0.05) is 34.7 Å². The molecule has 1 rings (SSSR count). The highest BCUT2D eigenvalue weighted by molar-refractivity contribution is 9.10. The summed E-state index contributed by atoms with van der Waals surface area (Å²) >= 11 is 3.24. The minimum atomic E-state index is -0.925. The molecule has 0 aliphatic carbocycles. The molecule has 0 unspecified atom stereocenters. The highest BCUT2D eigenvalue weighted by atomic mass is 79.9. The monoisotopic (exact) mass is 226 g/mol. The number of aromatic carboxylic acids is 1. The molecule has 0 spiro atoms. The molecule has 0 radical (unpaired) electrons. The molecule has 0 amide bonds. The molecular formula is C9H7BrO2. The molecular weight excluding hydrogens is 220 g/mol. The van der Waals surface area contributed by atoms with Crippen LogP contribution in [0, 0.1) is 0 Å². The average molecular weight is 227 g/mol. The Balaban J connectivity index is 3.18. The third kappa shape index (κ3) is 1.74. The molecule has 0 bridgehead atoms. The SMILES string of the molecule is C=Cc1ccc(C(=O)O)cc1Br. The summed E-state index contributed by atoms with van der Waals surface area (Å²) in [6.07, 6.45) is 1.66. The molecule has 2 nitrogen and oxygen atoms in total. The van der Waals surface area contributed by atoms with Crippen LogP contribution >= 0.6 is 15.9 Å². The lowest BCUT2D eigenvalue weighted by molar-refractivity contribution is 0.0697. The van der Waals surface area contributed by atoms with E-state index in [-0.39, 0.29) is 5.56 Å². The standard InChI is InChI=1S/C9H7BrO2/c1-2-6-3-4-7(9(11)12)5-8(6)10/h2-5H,1H2,(H,11,12). The van der Waals surface area contributed by atoms with E-state index in [1.54, 1.807) is 24.3 Å². The van der Waals surface area contributed by atoms with Gasteiger partial charge >= 0.3 is 5.97 Å². The molecule has 12 heavy (non-hydrogen) atoms. The van der Waals surface area contributed by atoms with Crippen molar-refractivity contribution in [3.05, 3.63) is 40.4 Å². The number of hydrogen-bond donors (Lipinski definition) is 1. The van der Waals surface area contributed by atoms with E-state index in [0.29, 0.717) is 0 Å². The van der Waals surface area contributed by atoms with Gasteiger partial charge < -0.3 is 5.11 Å². The van der Waals surface area contributed by atoms with Gasteiger partial charge in [-0.15, -0.1) is 0 Å². The van der Waals surface area contributed by atoms with Gasteiger partial charge in [0.25, 0.3) is 0 Å². The van der Waals surface area contributed by atoms with Gasteiger partial charge in [0.15, 0.2) is 0 Å². The number of halogens is 1. The van der Waals surface area contributed by atoms with E-state index in [2.05, 4.69) is 22.5 Å². The number of carboxylic acid groups (broad SMARTS) is 1. The summed E-state index contributed by atoms with van der Waals surface area (Å²) in [5.74, 6) is -0.925. The fourth-order valence-corrected chi connectivity index (χ4v) is 1.37. The van der Waals surface area contributed by atoms with Gasteiger partial charge in [0.1, 0.15) is 0 Å². The third-order valence-corrected chi connectivity index (χ3v) is 2.15. The van der Waals surface area contributed by atoms with Crippen molar-refractivity contribution in [2.45, 2.75) is 0 Å². The van der Waals surface area contributed by atoms with E-state index in [9.17, 15) is 4.79 Å². The second kappa shape index (κ2) is 3.54. The maximum absolute atomic E-state index is 10.5. The third-order valence-electron chi connectivity index (χ3n) is 1.47. The molecule has 0 aliphatic heterocycles. The van der Waals surface area contributed by atoms with E-state index >= 15 is 0 Å². The second-order valence-electron chi connectivity index (χ2n) is 2.25. The first-order chi connectivity index (χ1) is 5.65. The lowest BCUT2D eigenvalue weighted by atomic mass is 10.1. The molecule has 1 aromatic carbocycles. The zero-order valence-corrected chi connectivity index (χ0v) is 7.84. The fourth-order valence-electron chi connectivity index (χ4n) is 0.826. The van der Waals surface area contributed by atoms with Crippen molar-refractivity contribution in [3.8, 4) is 0 Å². The second-order valence-corrected chi connectivity index (χ2v) is 3.10. The Bertz CT molecular complexity index is 331. The molecule has 0 fully saturated rings. The van der Waals surface area contributed by atoms with Crippen LogP contribution in [0.1, 0.15) is 15.9 Å². The largest absolute Gasteiger partial charge is 0.478 e. The topological polar surface area (TPSA) is 37.3 Å². The predicted molar refractivity (Wildman–Crippen MR) is 51.2 cm³/mol. The molecule has 0 atom stereocenters. The van der Waals surface area contributed by atoms with Crippen molar-refractivity contribution in [1.82, 2.24) is 0 Å². The number of carboxylic acids is 1. The summed E-state index contributed by atoms with van der Waals surface area (Å²) in [7, 11) is 0. The Morgan fingerprint density at radius 3 is 2.67 bits per heavy atom. The summed E-state index contributed by atoms with van der Waals surface area (Å²) < 4.78 is 0.748. The van der Waals surface area contributed by atoms with E-state index in [1.807, 2.05) is 0 Å². The van der Waals surface area contributed by atoms with Crippen molar-refractivity contribution in [1.29, 1.82) is 0 Å². The van der Waals surface area contributed by atoms with E-state index in [1.165, 1.54) is 0 Å². The smallest absolute Gasteiger partial charge is 0.335 e. The highest BCUT2D eigenvalue weighted by Crippen LogP contribution is 2.19. The Kier molecular flexibility index (Phi) is 2.65. The van der Waals surface area contributed by atoms with Crippen LogP contribution in [-0.2, 0) is 0 Å². The van der Waals surface area contributed by atoms with Crippen LogP contribution in [0.2, 0.25) is 0 Å². The summed E-state index contributed by atoms with van der Waals surface area (Å²) in [4.78, 5) is 10.5. The van der Waals surface area contributed by atoms with Crippen molar-refractivity contribution >= 4 is 28.0 Å². The number of hydrogen-bond acceptors (Lipinski definition) is 1. The van der Waals surface area contributed by atoms with Crippen LogP contribution in [0.5, 0.6) is 0 Å². The lowest BCUT2D eigenvalue weighted by Gasteiger charge is -1.99. The molecule has 0 aromatic heterocycles. The van der Waals surface area contributed by atoms with Gasteiger partial charge in [-0.2, -0.15) is 0 Å². The fraction of sp³-hybridized carbons (Fsp3) is 0. The molecule has 62 valence electrons. The Morgan fingerprint density at radius 2 is 2.25 bits per heavy atom. The van der Waals surface area contributed by atoms with Crippen LogP contribution in [-0.4, -0.2) is 11.1 Å². The van der Waals surface area contributed by atoms with Crippen molar-refractivity contribution in [3.63, 3.8) is 0 Å². The Hall–Kier alpha value is -1.09. The first kappa shape index (κ1) is 9.00. The highest BCUT2D eigenvalue weighted by Gasteiger charge is 2.03. The summed E-state index contributed by atoms with van der Waals surface area (Å²) in [5, 5.41) is 8.63. The van der Waals surface area contributed by atoms with Crippen molar-refractivity contribution < 1.29 is 9.90 Å². The minimum absolute atomic E-state index is 0.271. The van der Waals surface area contributed by atoms with Gasteiger partial charge in [0.05, 0.1) is 5.56 Å². The summed E-state index contributed by atoms with van der Waals surface area (Å²) in [6, 6.07) is 4.81. The molecule has 1 aromatic rings. The van der Waals surface area contributed by atoms with Gasteiger partial charge in [-0.3, -0.25) is 0 Å². The van der Waals surface area contributed by atoms with Crippen LogP contribution in [0.15, 0.2) is 29.3 Å². The maximum atomic E-state index is 10.5. The zero-order chi connectivity index (χ0) is 9.14. The van der Waals surface area contributed by atoms with Crippen molar-refractivity contribution in [2.24, 2.45) is 0 Å². The predicted octanol–water partition coefficient (Wildman–Crippen LogP) is 2.79. The van der Waals surface area contributed by atoms with Gasteiger partial charge in [0.2, 0.25) is 0 Å². The van der Waals surface area contributed by atoms with Gasteiger partial charge in [-0.25, -0.2) is 4.79 Å². The Labute approximate surface area is 78.7 Å². The van der Waals surface area contributed by atoms with E-state index in [0.717, 1.165) is 10.0 Å². The molecule has 1 N–H and O–H groups in total. The maximum Gasteiger partial charge on any atom is 0.335 e. The normalized spacial score (nSPS) is 9.42. The number of benzene rings is 1.